The number of thiazole rings is 1. The number of imidazole rings is 1. The lowest BCUT2D eigenvalue weighted by Gasteiger charge is -2.06. The van der Waals surface area contributed by atoms with Crippen LogP contribution in [0.2, 0.25) is 0 Å². The lowest BCUT2D eigenvalue weighted by atomic mass is 10.1. The van der Waals surface area contributed by atoms with Gasteiger partial charge in [-0.3, -0.25) is 4.40 Å². The Labute approximate surface area is 127 Å². The van der Waals surface area contributed by atoms with Gasteiger partial charge in [0, 0.05) is 16.6 Å². The molecule has 5 heteroatoms. The molecule has 0 aliphatic rings. The van der Waals surface area contributed by atoms with Crippen LogP contribution in [0.25, 0.3) is 16.2 Å². The molecule has 0 spiro atoms. The van der Waals surface area contributed by atoms with Crippen LogP contribution in [-0.2, 0) is 0 Å². The normalized spacial score (nSPS) is 11.0. The second-order valence-corrected chi connectivity index (χ2v) is 6.32. The van der Waals surface area contributed by atoms with Crippen LogP contribution in [0.3, 0.4) is 0 Å². The number of nitrogens with zero attached hydrogens (tertiary/aromatic N) is 2. The fourth-order valence-corrected chi connectivity index (χ4v) is 2.93. The van der Waals surface area contributed by atoms with Gasteiger partial charge in [0.2, 0.25) is 0 Å². The number of aryl methyl sites for hydroxylation is 1. The Morgan fingerprint density at radius 3 is 2.71 bits per heavy atom. The van der Waals surface area contributed by atoms with Gasteiger partial charge in [0.15, 0.2) is 4.96 Å². The molecule has 0 saturated carbocycles. The lowest BCUT2D eigenvalue weighted by Crippen LogP contribution is -1.97. The summed E-state index contributed by atoms with van der Waals surface area (Å²) in [6.07, 6.45) is 2.01. The van der Waals surface area contributed by atoms with Crippen LogP contribution in [0, 0.1) is 6.92 Å². The van der Waals surface area contributed by atoms with E-state index in [4.69, 9.17) is 10.5 Å². The smallest absolute Gasteiger partial charge is 0.196 e. The zero-order valence-corrected chi connectivity index (χ0v) is 12.9. The molecule has 2 aromatic heterocycles. The third-order valence-electron chi connectivity index (χ3n) is 3.09. The number of hydrogen-bond acceptors (Lipinski definition) is 4. The van der Waals surface area contributed by atoms with Crippen LogP contribution in [0.5, 0.6) is 5.75 Å². The van der Waals surface area contributed by atoms with E-state index in [1.807, 2.05) is 48.7 Å². The van der Waals surface area contributed by atoms with Gasteiger partial charge in [0.05, 0.1) is 0 Å². The van der Waals surface area contributed by atoms with Gasteiger partial charge < -0.3 is 10.5 Å². The maximum absolute atomic E-state index is 6.19. The van der Waals surface area contributed by atoms with Crippen molar-refractivity contribution in [1.82, 2.24) is 9.38 Å². The minimum Gasteiger partial charge on any atom is -0.489 e. The summed E-state index contributed by atoms with van der Waals surface area (Å²) in [4.78, 5) is 6.72. The van der Waals surface area contributed by atoms with Crippen molar-refractivity contribution in [2.24, 2.45) is 0 Å². The maximum atomic E-state index is 6.19. The largest absolute Gasteiger partial charge is 0.489 e. The lowest BCUT2D eigenvalue weighted by molar-refractivity contribution is 0.353. The Balaban J connectivity index is 1.90. The van der Waals surface area contributed by atoms with Crippen LogP contribution >= 0.6 is 11.3 Å². The van der Waals surface area contributed by atoms with E-state index in [0.29, 0.717) is 12.4 Å². The molecule has 3 rings (SSSR count). The van der Waals surface area contributed by atoms with Crippen molar-refractivity contribution >= 4 is 22.1 Å². The number of nitrogens with two attached hydrogens (primary N) is 1. The molecule has 21 heavy (non-hydrogen) atoms. The van der Waals surface area contributed by atoms with Crippen LogP contribution in [0.4, 0.5) is 5.82 Å². The van der Waals surface area contributed by atoms with Crippen LogP contribution in [0.1, 0.15) is 11.8 Å². The predicted octanol–water partition coefficient (Wildman–Crippen LogP) is 3.91. The van der Waals surface area contributed by atoms with E-state index in [9.17, 15) is 0 Å². The monoisotopic (exact) mass is 299 g/mol. The number of fused-ring (bicyclic) bond motifs is 1. The first-order valence-corrected chi connectivity index (χ1v) is 7.48. The van der Waals surface area contributed by atoms with E-state index in [-0.39, 0.29) is 0 Å². The van der Waals surface area contributed by atoms with Crippen molar-refractivity contribution < 1.29 is 4.74 Å². The highest BCUT2D eigenvalue weighted by Gasteiger charge is 2.13. The molecule has 0 bridgehead atoms. The van der Waals surface area contributed by atoms with Gasteiger partial charge >= 0.3 is 0 Å². The van der Waals surface area contributed by atoms with E-state index >= 15 is 0 Å². The Morgan fingerprint density at radius 2 is 2.10 bits per heavy atom. The van der Waals surface area contributed by atoms with Crippen molar-refractivity contribution in [3.63, 3.8) is 0 Å². The average molecular weight is 299 g/mol. The van der Waals surface area contributed by atoms with Crippen LogP contribution in [-0.4, -0.2) is 16.0 Å². The molecule has 0 aliphatic heterocycles. The molecule has 0 atom stereocenters. The third-order valence-corrected chi connectivity index (χ3v) is 3.99. The number of ether oxygens (including phenoxy) is 1. The predicted molar refractivity (Wildman–Crippen MR) is 88.0 cm³/mol. The van der Waals surface area contributed by atoms with Crippen molar-refractivity contribution in [3.05, 3.63) is 47.5 Å². The van der Waals surface area contributed by atoms with Crippen LogP contribution < -0.4 is 10.5 Å². The average Bonchev–Trinajstić information content (AvgIpc) is 2.95. The summed E-state index contributed by atoms with van der Waals surface area (Å²) in [6.45, 7) is 8.34. The first-order valence-electron chi connectivity index (χ1n) is 6.66. The molecular weight excluding hydrogens is 282 g/mol. The molecule has 2 heterocycles. The van der Waals surface area contributed by atoms with Gasteiger partial charge in [-0.25, -0.2) is 4.98 Å². The molecule has 0 amide bonds. The molecule has 0 saturated heterocycles. The summed E-state index contributed by atoms with van der Waals surface area (Å²) in [5.74, 6) is 1.49. The van der Waals surface area contributed by atoms with Crippen molar-refractivity contribution in [2.75, 3.05) is 12.3 Å². The number of rotatable bonds is 4. The quantitative estimate of drug-likeness (QED) is 0.743. The summed E-state index contributed by atoms with van der Waals surface area (Å²) in [7, 11) is 0. The Bertz CT molecular complexity index is 799. The molecule has 3 aromatic rings. The Hall–Kier alpha value is -2.27. The van der Waals surface area contributed by atoms with E-state index in [1.54, 1.807) is 11.3 Å². The van der Waals surface area contributed by atoms with Gasteiger partial charge in [-0.15, -0.1) is 11.3 Å². The topological polar surface area (TPSA) is 52.5 Å². The number of anilines is 1. The Kier molecular flexibility index (Phi) is 3.43. The second-order valence-electron chi connectivity index (χ2n) is 5.11. The van der Waals surface area contributed by atoms with E-state index < -0.39 is 0 Å². The fourth-order valence-electron chi connectivity index (χ4n) is 2.10. The first kappa shape index (κ1) is 13.7. The Morgan fingerprint density at radius 1 is 1.38 bits per heavy atom. The van der Waals surface area contributed by atoms with Gasteiger partial charge in [-0.05, 0) is 43.7 Å². The molecule has 2 N–H and O–H groups in total. The zero-order valence-electron chi connectivity index (χ0n) is 12.1. The number of nitrogen functional groups attached to an aromatic ring is 1. The van der Waals surface area contributed by atoms with Crippen molar-refractivity contribution in [2.45, 2.75) is 13.8 Å². The van der Waals surface area contributed by atoms with Crippen LogP contribution in [0.15, 0.2) is 42.6 Å². The van der Waals surface area contributed by atoms with E-state index in [0.717, 1.165) is 27.5 Å². The standard InChI is InChI=1S/C16H17N3OS/c1-10(2)9-20-13-6-4-12(5-7-13)14-15(17)19-8-11(3)21-16(19)18-14/h4-8H,1,9,17H2,2-3H3. The minimum atomic E-state index is 0.529. The number of aromatic nitrogens is 2. The highest BCUT2D eigenvalue weighted by molar-refractivity contribution is 7.17. The maximum Gasteiger partial charge on any atom is 0.196 e. The molecule has 0 aliphatic carbocycles. The SMILES string of the molecule is C=C(C)COc1ccc(-c2nc3sc(C)cn3c2N)cc1. The summed E-state index contributed by atoms with van der Waals surface area (Å²) in [5.41, 5.74) is 8.98. The molecule has 4 nitrogen and oxygen atoms in total. The molecule has 0 radical (unpaired) electrons. The molecule has 108 valence electrons. The van der Waals surface area contributed by atoms with E-state index in [2.05, 4.69) is 11.6 Å². The fraction of sp³-hybridized carbons (Fsp3) is 0.188. The third kappa shape index (κ3) is 2.64. The zero-order chi connectivity index (χ0) is 15.0. The number of benzene rings is 1. The molecule has 0 fully saturated rings. The second kappa shape index (κ2) is 5.26. The van der Waals surface area contributed by atoms with E-state index in [1.165, 1.54) is 4.88 Å². The van der Waals surface area contributed by atoms with Gasteiger partial charge in [-0.2, -0.15) is 0 Å². The highest BCUT2D eigenvalue weighted by atomic mass is 32.1. The summed E-state index contributed by atoms with van der Waals surface area (Å²) in [5, 5.41) is 0. The number of hydrogen-bond donors (Lipinski definition) is 1. The van der Waals surface area contributed by atoms with Gasteiger partial charge in [-0.1, -0.05) is 6.58 Å². The minimum absolute atomic E-state index is 0.529. The van der Waals surface area contributed by atoms with Crippen molar-refractivity contribution in [3.8, 4) is 17.0 Å². The van der Waals surface area contributed by atoms with Crippen molar-refractivity contribution in [1.29, 1.82) is 0 Å². The molecular formula is C16H17N3OS. The summed E-state index contributed by atoms with van der Waals surface area (Å²) >= 11 is 1.63. The first-order chi connectivity index (χ1) is 10.0. The molecule has 0 unspecified atom stereocenters. The van der Waals surface area contributed by atoms with Gasteiger partial charge in [0.1, 0.15) is 23.9 Å². The highest BCUT2D eigenvalue weighted by Crippen LogP contribution is 2.30. The van der Waals surface area contributed by atoms with Gasteiger partial charge in [0.25, 0.3) is 0 Å². The molecule has 1 aromatic carbocycles. The summed E-state index contributed by atoms with van der Waals surface area (Å²) < 4.78 is 7.53. The summed E-state index contributed by atoms with van der Waals surface area (Å²) in [6, 6.07) is 7.81.